The average Bonchev–Trinajstić information content (AvgIpc) is 2.70. The maximum Gasteiger partial charge on any atom is 0.329 e. The summed E-state index contributed by atoms with van der Waals surface area (Å²) in [4.78, 5) is 24.4. The van der Waals surface area contributed by atoms with Crippen LogP contribution in [0.3, 0.4) is 0 Å². The zero-order valence-corrected chi connectivity index (χ0v) is 14.3. The lowest BCUT2D eigenvalue weighted by Gasteiger charge is -2.29. The van der Waals surface area contributed by atoms with E-state index >= 15 is 0 Å². The lowest BCUT2D eigenvalue weighted by atomic mass is 9.90. The zero-order valence-electron chi connectivity index (χ0n) is 14.3. The molecule has 0 atom stereocenters. The molecular formula is C17H27N3O3. The topological polar surface area (TPSA) is 84.2 Å². The number of hydrogen-bond donors (Lipinski definition) is 2. The maximum atomic E-state index is 12.6. The van der Waals surface area contributed by atoms with Gasteiger partial charge in [-0.1, -0.05) is 39.5 Å². The van der Waals surface area contributed by atoms with Crippen LogP contribution in [0.1, 0.15) is 68.4 Å². The first-order valence-corrected chi connectivity index (χ1v) is 8.44. The molecule has 1 fully saturated rings. The molecule has 2 N–H and O–H groups in total. The van der Waals surface area contributed by atoms with E-state index in [9.17, 15) is 14.7 Å². The van der Waals surface area contributed by atoms with Gasteiger partial charge < -0.3 is 10.4 Å². The monoisotopic (exact) mass is 321 g/mol. The van der Waals surface area contributed by atoms with E-state index < -0.39 is 11.5 Å². The minimum atomic E-state index is -1.14. The van der Waals surface area contributed by atoms with E-state index in [1.54, 1.807) is 10.9 Å². The fourth-order valence-electron chi connectivity index (χ4n) is 3.21. The number of aromatic nitrogens is 2. The molecule has 23 heavy (non-hydrogen) atoms. The Bertz CT molecular complexity index is 570. The smallest absolute Gasteiger partial charge is 0.329 e. The SMILES string of the molecule is Cc1c(C(=O)NC2(C(=O)O)CCCCCC2)cnn1CC(C)C. The van der Waals surface area contributed by atoms with Crippen LogP contribution in [-0.2, 0) is 11.3 Å². The minimum Gasteiger partial charge on any atom is -0.480 e. The van der Waals surface area contributed by atoms with Crippen molar-refractivity contribution in [1.82, 2.24) is 15.1 Å². The first kappa shape index (κ1) is 17.5. The number of amides is 1. The summed E-state index contributed by atoms with van der Waals surface area (Å²) in [5.41, 5.74) is 0.112. The van der Waals surface area contributed by atoms with Crippen molar-refractivity contribution in [3.8, 4) is 0 Å². The molecule has 0 bridgehead atoms. The molecule has 1 aromatic rings. The summed E-state index contributed by atoms with van der Waals surface area (Å²) >= 11 is 0. The third kappa shape index (κ3) is 3.92. The predicted molar refractivity (Wildman–Crippen MR) is 87.3 cm³/mol. The summed E-state index contributed by atoms with van der Waals surface area (Å²) in [6.07, 6.45) is 6.24. The molecule has 0 aromatic carbocycles. The Morgan fingerprint density at radius 3 is 2.43 bits per heavy atom. The Balaban J connectivity index is 2.19. The Morgan fingerprint density at radius 2 is 1.91 bits per heavy atom. The van der Waals surface area contributed by atoms with E-state index in [4.69, 9.17) is 0 Å². The number of aliphatic carboxylic acids is 1. The largest absolute Gasteiger partial charge is 0.480 e. The van der Waals surface area contributed by atoms with Crippen molar-refractivity contribution in [2.24, 2.45) is 5.92 Å². The average molecular weight is 321 g/mol. The van der Waals surface area contributed by atoms with Crippen LogP contribution in [0, 0.1) is 12.8 Å². The number of nitrogens with zero attached hydrogens (tertiary/aromatic N) is 2. The van der Waals surface area contributed by atoms with Crippen molar-refractivity contribution >= 4 is 11.9 Å². The molecule has 0 saturated heterocycles. The maximum absolute atomic E-state index is 12.6. The number of carboxylic acids is 1. The van der Waals surface area contributed by atoms with E-state index in [1.807, 2.05) is 6.92 Å². The van der Waals surface area contributed by atoms with Crippen LogP contribution in [0.2, 0.25) is 0 Å². The van der Waals surface area contributed by atoms with Crippen molar-refractivity contribution in [2.45, 2.75) is 71.4 Å². The van der Waals surface area contributed by atoms with Crippen LogP contribution in [-0.4, -0.2) is 32.3 Å². The number of carboxylic acid groups (broad SMARTS) is 1. The Morgan fingerprint density at radius 1 is 1.30 bits per heavy atom. The van der Waals surface area contributed by atoms with Crippen molar-refractivity contribution in [3.63, 3.8) is 0 Å². The summed E-state index contributed by atoms with van der Waals surface area (Å²) < 4.78 is 1.81. The normalized spacial score (nSPS) is 17.7. The van der Waals surface area contributed by atoms with Crippen LogP contribution < -0.4 is 5.32 Å². The lowest BCUT2D eigenvalue weighted by molar-refractivity contribution is -0.145. The fourth-order valence-corrected chi connectivity index (χ4v) is 3.21. The predicted octanol–water partition coefficient (Wildman–Crippen LogP) is 2.75. The van der Waals surface area contributed by atoms with Gasteiger partial charge in [-0.05, 0) is 25.7 Å². The van der Waals surface area contributed by atoms with E-state index in [-0.39, 0.29) is 5.91 Å². The molecule has 0 aliphatic heterocycles. The first-order chi connectivity index (χ1) is 10.9. The summed E-state index contributed by atoms with van der Waals surface area (Å²) in [5.74, 6) is -0.835. The molecule has 6 nitrogen and oxygen atoms in total. The molecular weight excluding hydrogens is 294 g/mol. The van der Waals surface area contributed by atoms with Gasteiger partial charge in [0.2, 0.25) is 0 Å². The second kappa shape index (κ2) is 7.15. The highest BCUT2D eigenvalue weighted by Crippen LogP contribution is 2.28. The number of rotatable bonds is 5. The van der Waals surface area contributed by atoms with Gasteiger partial charge in [0.1, 0.15) is 5.54 Å². The molecule has 1 amide bonds. The third-order valence-corrected chi connectivity index (χ3v) is 4.61. The summed E-state index contributed by atoms with van der Waals surface area (Å²) in [7, 11) is 0. The number of carbonyl (C=O) groups excluding carboxylic acids is 1. The molecule has 1 aliphatic rings. The van der Waals surface area contributed by atoms with Gasteiger partial charge in [-0.2, -0.15) is 5.10 Å². The van der Waals surface area contributed by atoms with Crippen LogP contribution in [0.4, 0.5) is 0 Å². The van der Waals surface area contributed by atoms with Crippen LogP contribution >= 0.6 is 0 Å². The van der Waals surface area contributed by atoms with E-state index in [0.717, 1.165) is 37.9 Å². The molecule has 128 valence electrons. The zero-order chi connectivity index (χ0) is 17.0. The van der Waals surface area contributed by atoms with E-state index in [1.165, 1.54) is 0 Å². The van der Waals surface area contributed by atoms with Gasteiger partial charge in [0, 0.05) is 12.2 Å². The summed E-state index contributed by atoms with van der Waals surface area (Å²) in [6.45, 7) is 6.77. The minimum absolute atomic E-state index is 0.332. The lowest BCUT2D eigenvalue weighted by Crippen LogP contribution is -2.54. The van der Waals surface area contributed by atoms with Gasteiger partial charge in [0.15, 0.2) is 0 Å². The standard InChI is InChI=1S/C17H27N3O3/c1-12(2)11-20-13(3)14(10-18-20)15(21)19-17(16(22)23)8-6-4-5-7-9-17/h10,12H,4-9,11H2,1-3H3,(H,19,21)(H,22,23). The van der Waals surface area contributed by atoms with Gasteiger partial charge in [-0.25, -0.2) is 4.79 Å². The number of carbonyl (C=O) groups is 2. The van der Waals surface area contributed by atoms with Gasteiger partial charge in [-0.15, -0.1) is 0 Å². The highest BCUT2D eigenvalue weighted by atomic mass is 16.4. The Hall–Kier alpha value is -1.85. The number of hydrogen-bond acceptors (Lipinski definition) is 3. The molecule has 1 aromatic heterocycles. The van der Waals surface area contributed by atoms with Gasteiger partial charge in [0.05, 0.1) is 11.8 Å². The van der Waals surface area contributed by atoms with Crippen LogP contribution in [0.15, 0.2) is 6.20 Å². The summed E-state index contributed by atoms with van der Waals surface area (Å²) in [5, 5.41) is 16.7. The first-order valence-electron chi connectivity index (χ1n) is 8.44. The second-order valence-corrected chi connectivity index (χ2v) is 6.98. The van der Waals surface area contributed by atoms with Crippen molar-refractivity contribution in [3.05, 3.63) is 17.5 Å². The highest BCUT2D eigenvalue weighted by Gasteiger charge is 2.40. The van der Waals surface area contributed by atoms with Gasteiger partial charge >= 0.3 is 5.97 Å². The van der Waals surface area contributed by atoms with E-state index in [0.29, 0.717) is 24.3 Å². The fraction of sp³-hybridized carbons (Fsp3) is 0.706. The van der Waals surface area contributed by atoms with Crippen molar-refractivity contribution in [1.29, 1.82) is 0 Å². The Labute approximate surface area is 137 Å². The Kier molecular flexibility index (Phi) is 5.44. The third-order valence-electron chi connectivity index (χ3n) is 4.61. The van der Waals surface area contributed by atoms with Crippen LogP contribution in [0.5, 0.6) is 0 Å². The second-order valence-electron chi connectivity index (χ2n) is 6.98. The summed E-state index contributed by atoms with van der Waals surface area (Å²) in [6, 6.07) is 0. The van der Waals surface area contributed by atoms with Crippen LogP contribution in [0.25, 0.3) is 0 Å². The van der Waals surface area contributed by atoms with Gasteiger partial charge in [-0.3, -0.25) is 9.48 Å². The molecule has 0 radical (unpaired) electrons. The molecule has 1 heterocycles. The molecule has 6 heteroatoms. The molecule has 1 aliphatic carbocycles. The quantitative estimate of drug-likeness (QED) is 0.817. The van der Waals surface area contributed by atoms with Crippen molar-refractivity contribution in [2.75, 3.05) is 0 Å². The molecule has 1 saturated carbocycles. The van der Waals surface area contributed by atoms with Crippen molar-refractivity contribution < 1.29 is 14.7 Å². The molecule has 2 rings (SSSR count). The molecule has 0 unspecified atom stereocenters. The highest BCUT2D eigenvalue weighted by molar-refractivity contribution is 5.98. The van der Waals surface area contributed by atoms with Gasteiger partial charge in [0.25, 0.3) is 5.91 Å². The molecule has 0 spiro atoms. The number of nitrogens with one attached hydrogen (secondary N) is 1. The van der Waals surface area contributed by atoms with E-state index in [2.05, 4.69) is 24.3 Å².